The third-order valence-corrected chi connectivity index (χ3v) is 3.19. The topological polar surface area (TPSA) is 24.1 Å². The Bertz CT molecular complexity index is 316. The molecule has 0 saturated heterocycles. The summed E-state index contributed by atoms with van der Waals surface area (Å²) in [7, 11) is 0. The minimum atomic E-state index is 0.602. The molecular weight excluding hydrogens is 172 g/mol. The summed E-state index contributed by atoms with van der Waals surface area (Å²) < 4.78 is 0. The second-order valence-electron chi connectivity index (χ2n) is 4.67. The molecule has 0 aromatic heterocycles. The number of benzene rings is 1. The molecule has 74 valence electrons. The zero-order valence-corrected chi connectivity index (χ0v) is 8.72. The monoisotopic (exact) mass is 188 g/mol. The number of hydrogen-bond acceptors (Lipinski definition) is 2. The first-order valence-electron chi connectivity index (χ1n) is 5.41. The van der Waals surface area contributed by atoms with Crippen LogP contribution in [0.15, 0.2) is 12.1 Å². The minimum Gasteiger partial charge on any atom is -0.382 e. The van der Waals surface area contributed by atoms with Crippen molar-refractivity contribution in [2.45, 2.75) is 38.8 Å². The molecule has 0 radical (unpaired) electrons. The average Bonchev–Trinajstić information content (AvgIpc) is 2.59. The van der Waals surface area contributed by atoms with Gasteiger partial charge in [-0.25, -0.2) is 0 Å². The van der Waals surface area contributed by atoms with Gasteiger partial charge in [0.1, 0.15) is 0 Å². The zero-order chi connectivity index (χ0) is 9.71. The van der Waals surface area contributed by atoms with E-state index in [-0.39, 0.29) is 0 Å². The van der Waals surface area contributed by atoms with Gasteiger partial charge in [0.15, 0.2) is 0 Å². The summed E-state index contributed by atoms with van der Waals surface area (Å²) in [5.41, 5.74) is 5.65. The molecule has 2 heteroatoms. The molecule has 2 aliphatic rings. The fourth-order valence-corrected chi connectivity index (χ4v) is 2.59. The second kappa shape index (κ2) is 2.66. The molecule has 1 aromatic carbocycles. The maximum absolute atomic E-state index is 3.51. The maximum Gasteiger partial charge on any atom is 0.0379 e. The SMILES string of the molecule is CC1Cc2cc3c(cc2N1)CC(C)N3. The standard InChI is InChI=1S/C12H16N2/c1-7-3-9-5-12-10(4-8(2)14-12)6-11(9)13-7/h5-8,13-14H,3-4H2,1-2H3. The number of fused-ring (bicyclic) bond motifs is 2. The van der Waals surface area contributed by atoms with E-state index in [1.165, 1.54) is 35.3 Å². The molecule has 0 saturated carbocycles. The smallest absolute Gasteiger partial charge is 0.0379 e. The predicted molar refractivity (Wildman–Crippen MR) is 60.0 cm³/mol. The summed E-state index contributed by atoms with van der Waals surface area (Å²) in [6.45, 7) is 4.47. The van der Waals surface area contributed by atoms with Crippen molar-refractivity contribution in [3.8, 4) is 0 Å². The number of rotatable bonds is 0. The van der Waals surface area contributed by atoms with Gasteiger partial charge in [-0.1, -0.05) is 0 Å². The Morgan fingerprint density at radius 1 is 0.929 bits per heavy atom. The molecule has 0 amide bonds. The van der Waals surface area contributed by atoms with Crippen molar-refractivity contribution in [1.82, 2.24) is 0 Å². The van der Waals surface area contributed by atoms with Gasteiger partial charge in [-0.15, -0.1) is 0 Å². The van der Waals surface area contributed by atoms with Crippen molar-refractivity contribution in [2.24, 2.45) is 0 Å². The van der Waals surface area contributed by atoms with Crippen LogP contribution < -0.4 is 10.6 Å². The molecule has 2 heterocycles. The van der Waals surface area contributed by atoms with Gasteiger partial charge < -0.3 is 10.6 Å². The Morgan fingerprint density at radius 3 is 1.79 bits per heavy atom. The van der Waals surface area contributed by atoms with Crippen LogP contribution in [0.4, 0.5) is 11.4 Å². The normalized spacial score (nSPS) is 27.9. The minimum absolute atomic E-state index is 0.602. The number of anilines is 2. The van der Waals surface area contributed by atoms with Gasteiger partial charge in [-0.3, -0.25) is 0 Å². The average molecular weight is 188 g/mol. The fourth-order valence-electron chi connectivity index (χ4n) is 2.59. The second-order valence-corrected chi connectivity index (χ2v) is 4.67. The van der Waals surface area contributed by atoms with Gasteiger partial charge in [0, 0.05) is 23.5 Å². The maximum atomic E-state index is 3.51. The quantitative estimate of drug-likeness (QED) is 0.653. The molecule has 14 heavy (non-hydrogen) atoms. The lowest BCUT2D eigenvalue weighted by atomic mass is 10.1. The highest BCUT2D eigenvalue weighted by Gasteiger charge is 2.23. The molecule has 0 aliphatic carbocycles. The van der Waals surface area contributed by atoms with Crippen LogP contribution >= 0.6 is 0 Å². The molecule has 0 bridgehead atoms. The van der Waals surface area contributed by atoms with E-state index in [2.05, 4.69) is 36.6 Å². The number of nitrogens with one attached hydrogen (secondary N) is 2. The van der Waals surface area contributed by atoms with E-state index in [1.54, 1.807) is 0 Å². The van der Waals surface area contributed by atoms with E-state index < -0.39 is 0 Å². The van der Waals surface area contributed by atoms with Crippen molar-refractivity contribution < 1.29 is 0 Å². The Balaban J connectivity index is 2.05. The first kappa shape index (κ1) is 8.16. The first-order chi connectivity index (χ1) is 6.72. The predicted octanol–water partition coefficient (Wildman–Crippen LogP) is 2.40. The highest BCUT2D eigenvalue weighted by Crippen LogP contribution is 2.35. The van der Waals surface area contributed by atoms with E-state index in [1.807, 2.05) is 0 Å². The van der Waals surface area contributed by atoms with Crippen LogP contribution in [-0.4, -0.2) is 12.1 Å². The molecule has 3 rings (SSSR count). The molecule has 2 aliphatic heterocycles. The largest absolute Gasteiger partial charge is 0.382 e. The van der Waals surface area contributed by atoms with Crippen LogP contribution in [0.3, 0.4) is 0 Å². The van der Waals surface area contributed by atoms with Crippen molar-refractivity contribution in [1.29, 1.82) is 0 Å². The summed E-state index contributed by atoms with van der Waals surface area (Å²) in [6, 6.07) is 5.85. The van der Waals surface area contributed by atoms with E-state index in [4.69, 9.17) is 0 Å². The van der Waals surface area contributed by atoms with Crippen molar-refractivity contribution in [3.63, 3.8) is 0 Å². The lowest BCUT2D eigenvalue weighted by molar-refractivity contribution is 0.834. The van der Waals surface area contributed by atoms with Gasteiger partial charge in [0.05, 0.1) is 0 Å². The van der Waals surface area contributed by atoms with E-state index in [0.717, 1.165) is 0 Å². The Hall–Kier alpha value is -1.18. The van der Waals surface area contributed by atoms with Crippen LogP contribution in [-0.2, 0) is 12.8 Å². The van der Waals surface area contributed by atoms with Gasteiger partial charge in [-0.05, 0) is 49.9 Å². The van der Waals surface area contributed by atoms with Gasteiger partial charge in [-0.2, -0.15) is 0 Å². The fraction of sp³-hybridized carbons (Fsp3) is 0.500. The Labute approximate surface area is 84.7 Å². The van der Waals surface area contributed by atoms with Crippen molar-refractivity contribution >= 4 is 11.4 Å². The Morgan fingerprint density at radius 2 is 1.36 bits per heavy atom. The molecule has 2 atom stereocenters. The van der Waals surface area contributed by atoms with Crippen molar-refractivity contribution in [2.75, 3.05) is 10.6 Å². The van der Waals surface area contributed by atoms with E-state index in [0.29, 0.717) is 12.1 Å². The Kier molecular flexibility index (Phi) is 1.55. The molecule has 0 fully saturated rings. The van der Waals surface area contributed by atoms with Crippen LogP contribution in [0.5, 0.6) is 0 Å². The lowest BCUT2D eigenvalue weighted by Crippen LogP contribution is -2.09. The first-order valence-corrected chi connectivity index (χ1v) is 5.41. The highest BCUT2D eigenvalue weighted by atomic mass is 15.0. The van der Waals surface area contributed by atoms with Crippen LogP contribution in [0.2, 0.25) is 0 Å². The summed E-state index contributed by atoms with van der Waals surface area (Å²) in [6.07, 6.45) is 2.33. The van der Waals surface area contributed by atoms with E-state index >= 15 is 0 Å². The summed E-state index contributed by atoms with van der Waals surface area (Å²) in [5, 5.41) is 7.03. The van der Waals surface area contributed by atoms with Crippen LogP contribution in [0.25, 0.3) is 0 Å². The van der Waals surface area contributed by atoms with Gasteiger partial charge in [0.2, 0.25) is 0 Å². The van der Waals surface area contributed by atoms with Gasteiger partial charge in [0.25, 0.3) is 0 Å². The van der Waals surface area contributed by atoms with Crippen LogP contribution in [0, 0.1) is 0 Å². The number of hydrogen-bond donors (Lipinski definition) is 2. The molecule has 1 aromatic rings. The molecule has 0 spiro atoms. The van der Waals surface area contributed by atoms with Crippen LogP contribution in [0.1, 0.15) is 25.0 Å². The molecule has 2 unspecified atom stereocenters. The van der Waals surface area contributed by atoms with E-state index in [9.17, 15) is 0 Å². The third-order valence-electron chi connectivity index (χ3n) is 3.19. The summed E-state index contributed by atoms with van der Waals surface area (Å²) in [4.78, 5) is 0. The zero-order valence-electron chi connectivity index (χ0n) is 8.72. The third kappa shape index (κ3) is 1.10. The molecule has 2 N–H and O–H groups in total. The van der Waals surface area contributed by atoms with Crippen molar-refractivity contribution in [3.05, 3.63) is 23.3 Å². The summed E-state index contributed by atoms with van der Waals surface area (Å²) >= 11 is 0. The van der Waals surface area contributed by atoms with Gasteiger partial charge >= 0.3 is 0 Å². The summed E-state index contributed by atoms with van der Waals surface area (Å²) in [5.74, 6) is 0. The highest BCUT2D eigenvalue weighted by molar-refractivity contribution is 5.69. The molecule has 2 nitrogen and oxygen atoms in total. The molecular formula is C12H16N2. The lowest BCUT2D eigenvalue weighted by Gasteiger charge is -2.05.